The van der Waals surface area contributed by atoms with E-state index in [1.54, 1.807) is 11.3 Å². The Morgan fingerprint density at radius 2 is 2.19 bits per heavy atom. The number of hydrogen-bond acceptors (Lipinski definition) is 2. The molecule has 110 valence electrons. The zero-order chi connectivity index (χ0) is 15.0. The van der Waals surface area contributed by atoms with Gasteiger partial charge >= 0.3 is 0 Å². The van der Waals surface area contributed by atoms with Crippen LogP contribution >= 0.6 is 27.3 Å². The first-order chi connectivity index (χ1) is 10.1. The summed E-state index contributed by atoms with van der Waals surface area (Å²) in [5, 5.41) is 0. The molecule has 3 rings (SSSR count). The normalized spacial score (nSPS) is 17.1. The predicted octanol–water partition coefficient (Wildman–Crippen LogP) is 5.05. The summed E-state index contributed by atoms with van der Waals surface area (Å²) in [4.78, 5) is 16.9. The molecule has 1 aliphatic heterocycles. The van der Waals surface area contributed by atoms with Crippen LogP contribution < -0.4 is 4.90 Å². The molecule has 1 aromatic carbocycles. The van der Waals surface area contributed by atoms with Gasteiger partial charge in [-0.3, -0.25) is 4.79 Å². The summed E-state index contributed by atoms with van der Waals surface area (Å²) in [7, 11) is 0. The number of rotatable bonds is 3. The van der Waals surface area contributed by atoms with Crippen LogP contribution in [0.25, 0.3) is 0 Å². The Labute approximate surface area is 137 Å². The molecule has 0 aliphatic carbocycles. The molecule has 2 aromatic rings. The number of hydrogen-bond donors (Lipinski definition) is 0. The number of carbonyl (C=O) groups excluding carboxylic acids is 1. The number of fused-ring (bicyclic) bond motifs is 1. The van der Waals surface area contributed by atoms with Gasteiger partial charge in [0.2, 0.25) is 0 Å². The van der Waals surface area contributed by atoms with Gasteiger partial charge in [-0.15, -0.1) is 11.3 Å². The maximum atomic E-state index is 12.9. The van der Waals surface area contributed by atoms with Crippen molar-refractivity contribution in [3.63, 3.8) is 0 Å². The monoisotopic (exact) mass is 363 g/mol. The average molecular weight is 364 g/mol. The van der Waals surface area contributed by atoms with Gasteiger partial charge in [0, 0.05) is 21.1 Å². The zero-order valence-electron chi connectivity index (χ0n) is 12.2. The van der Waals surface area contributed by atoms with E-state index in [0.717, 1.165) is 34.3 Å². The molecule has 2 heterocycles. The van der Waals surface area contributed by atoms with Crippen LogP contribution in [0.3, 0.4) is 0 Å². The minimum Gasteiger partial charge on any atom is -0.304 e. The number of anilines is 1. The Hall–Kier alpha value is -1.13. The molecule has 0 saturated carbocycles. The molecule has 0 spiro atoms. The molecule has 21 heavy (non-hydrogen) atoms. The topological polar surface area (TPSA) is 20.3 Å². The average Bonchev–Trinajstić information content (AvgIpc) is 2.99. The summed E-state index contributed by atoms with van der Waals surface area (Å²) < 4.78 is 1.07. The van der Waals surface area contributed by atoms with Gasteiger partial charge in [0.1, 0.15) is 0 Å². The fourth-order valence-corrected chi connectivity index (χ4v) is 4.82. The van der Waals surface area contributed by atoms with E-state index in [1.807, 2.05) is 29.2 Å². The summed E-state index contributed by atoms with van der Waals surface area (Å²) in [5.74, 6) is 0.125. The lowest BCUT2D eigenvalue weighted by Crippen LogP contribution is -2.35. The molecule has 0 radical (unpaired) electrons. The number of para-hydroxylation sites is 1. The van der Waals surface area contributed by atoms with Crippen LogP contribution in [0.15, 0.2) is 34.8 Å². The van der Waals surface area contributed by atoms with Crippen molar-refractivity contribution < 1.29 is 4.79 Å². The Balaban J connectivity index is 1.94. The van der Waals surface area contributed by atoms with E-state index >= 15 is 0 Å². The van der Waals surface area contributed by atoms with Gasteiger partial charge in [0.05, 0.1) is 4.88 Å². The quantitative estimate of drug-likeness (QED) is 0.746. The van der Waals surface area contributed by atoms with Crippen molar-refractivity contribution in [2.45, 2.75) is 39.2 Å². The number of benzene rings is 1. The highest BCUT2D eigenvalue weighted by atomic mass is 79.9. The van der Waals surface area contributed by atoms with Crippen molar-refractivity contribution in [1.82, 2.24) is 0 Å². The van der Waals surface area contributed by atoms with E-state index in [9.17, 15) is 4.79 Å². The minimum atomic E-state index is 0.125. The lowest BCUT2D eigenvalue weighted by molar-refractivity contribution is 0.0985. The highest BCUT2D eigenvalue weighted by Crippen LogP contribution is 2.36. The molecular formula is C17H18BrNOS. The molecule has 1 aromatic heterocycles. The summed E-state index contributed by atoms with van der Waals surface area (Å²) in [5.41, 5.74) is 2.33. The summed E-state index contributed by atoms with van der Waals surface area (Å²) in [6.07, 6.45) is 3.05. The van der Waals surface area contributed by atoms with Gasteiger partial charge in [-0.25, -0.2) is 0 Å². The third-order valence-corrected chi connectivity index (χ3v) is 6.02. The van der Waals surface area contributed by atoms with Crippen LogP contribution in [0, 0.1) is 0 Å². The summed E-state index contributed by atoms with van der Waals surface area (Å²) in [6.45, 7) is 4.28. The molecule has 0 N–H and O–H groups in total. The summed E-state index contributed by atoms with van der Waals surface area (Å²) in [6, 6.07) is 10.4. The number of thiophene rings is 1. The third-order valence-electron chi connectivity index (χ3n) is 3.87. The first-order valence-corrected chi connectivity index (χ1v) is 8.92. The van der Waals surface area contributed by atoms with Crippen molar-refractivity contribution in [3.8, 4) is 0 Å². The van der Waals surface area contributed by atoms with Gasteiger partial charge in [0.15, 0.2) is 0 Å². The Morgan fingerprint density at radius 3 is 2.95 bits per heavy atom. The molecule has 0 bridgehead atoms. The first kappa shape index (κ1) is 14.8. The van der Waals surface area contributed by atoms with Crippen molar-refractivity contribution in [1.29, 1.82) is 0 Å². The molecule has 1 unspecified atom stereocenters. The molecule has 1 amide bonds. The van der Waals surface area contributed by atoms with E-state index in [2.05, 4.69) is 35.8 Å². The second-order valence-corrected chi connectivity index (χ2v) is 7.48. The largest absolute Gasteiger partial charge is 0.304 e. The standard InChI is InChI=1S/C17H18BrNOS/c1-3-6-15-13(18)10-16(21-15)17(20)19-11(2)9-12-7-4-5-8-14(12)19/h4-5,7-8,10-11H,3,6,9H2,1-2H3. The Morgan fingerprint density at radius 1 is 1.43 bits per heavy atom. The Bertz CT molecular complexity index is 679. The molecule has 1 atom stereocenters. The number of amides is 1. The fraction of sp³-hybridized carbons (Fsp3) is 0.353. The van der Waals surface area contributed by atoms with E-state index < -0.39 is 0 Å². The zero-order valence-corrected chi connectivity index (χ0v) is 14.6. The van der Waals surface area contributed by atoms with Crippen molar-refractivity contribution in [2.75, 3.05) is 4.90 Å². The van der Waals surface area contributed by atoms with Crippen LogP contribution in [-0.2, 0) is 12.8 Å². The van der Waals surface area contributed by atoms with Crippen LogP contribution in [0.1, 0.15) is 40.4 Å². The number of halogens is 1. The summed E-state index contributed by atoms with van der Waals surface area (Å²) >= 11 is 5.20. The van der Waals surface area contributed by atoms with Crippen LogP contribution in [-0.4, -0.2) is 11.9 Å². The fourth-order valence-electron chi connectivity index (χ4n) is 2.90. The highest BCUT2D eigenvalue weighted by Gasteiger charge is 2.32. The van der Waals surface area contributed by atoms with Gasteiger partial charge in [-0.2, -0.15) is 0 Å². The number of nitrogens with zero attached hydrogens (tertiary/aromatic N) is 1. The molecule has 4 heteroatoms. The highest BCUT2D eigenvalue weighted by molar-refractivity contribution is 9.10. The van der Waals surface area contributed by atoms with Crippen LogP contribution in [0.4, 0.5) is 5.69 Å². The van der Waals surface area contributed by atoms with Gasteiger partial charge in [0.25, 0.3) is 5.91 Å². The molecule has 1 aliphatic rings. The maximum Gasteiger partial charge on any atom is 0.268 e. The lowest BCUT2D eigenvalue weighted by atomic mass is 10.1. The maximum absolute atomic E-state index is 12.9. The third kappa shape index (κ3) is 2.67. The van der Waals surface area contributed by atoms with E-state index in [1.165, 1.54) is 10.4 Å². The SMILES string of the molecule is CCCc1sc(C(=O)N2c3ccccc3CC2C)cc1Br. The minimum absolute atomic E-state index is 0.125. The second kappa shape index (κ2) is 5.93. The molecule has 2 nitrogen and oxygen atoms in total. The molecule has 0 fully saturated rings. The van der Waals surface area contributed by atoms with Crippen LogP contribution in [0.2, 0.25) is 0 Å². The Kier molecular flexibility index (Phi) is 4.18. The van der Waals surface area contributed by atoms with E-state index in [-0.39, 0.29) is 11.9 Å². The van der Waals surface area contributed by atoms with E-state index in [0.29, 0.717) is 0 Å². The molecular weight excluding hydrogens is 346 g/mol. The van der Waals surface area contributed by atoms with Gasteiger partial charge in [-0.1, -0.05) is 31.5 Å². The predicted molar refractivity (Wildman–Crippen MR) is 92.4 cm³/mol. The number of aryl methyl sites for hydroxylation is 1. The van der Waals surface area contributed by atoms with Crippen molar-refractivity contribution in [3.05, 3.63) is 50.1 Å². The number of carbonyl (C=O) groups is 1. The first-order valence-electron chi connectivity index (χ1n) is 7.31. The van der Waals surface area contributed by atoms with Gasteiger partial charge < -0.3 is 4.90 Å². The van der Waals surface area contributed by atoms with Crippen molar-refractivity contribution in [2.24, 2.45) is 0 Å². The lowest BCUT2D eigenvalue weighted by Gasteiger charge is -2.21. The molecule has 0 saturated heterocycles. The second-order valence-electron chi connectivity index (χ2n) is 5.49. The van der Waals surface area contributed by atoms with Crippen LogP contribution in [0.5, 0.6) is 0 Å². The van der Waals surface area contributed by atoms with Gasteiger partial charge in [-0.05, 0) is 53.4 Å². The van der Waals surface area contributed by atoms with Crippen molar-refractivity contribution >= 4 is 38.9 Å². The smallest absolute Gasteiger partial charge is 0.268 e. The van der Waals surface area contributed by atoms with E-state index in [4.69, 9.17) is 0 Å².